The van der Waals surface area contributed by atoms with Gasteiger partial charge in [0.25, 0.3) is 0 Å². The summed E-state index contributed by atoms with van der Waals surface area (Å²) in [5.74, 6) is -0.361. The van der Waals surface area contributed by atoms with Gasteiger partial charge in [-0.2, -0.15) is 0 Å². The lowest BCUT2D eigenvalue weighted by Crippen LogP contribution is -2.42. The van der Waals surface area contributed by atoms with Crippen LogP contribution in [0.2, 0.25) is 5.02 Å². The SMILES string of the molecule is COCCN(CC(=O)Nc1ccccc1Cl)C(=O)OC(C)(C)C. The second-order valence-corrected chi connectivity index (χ2v) is 6.33. The van der Waals surface area contributed by atoms with E-state index in [9.17, 15) is 9.59 Å². The highest BCUT2D eigenvalue weighted by molar-refractivity contribution is 6.33. The van der Waals surface area contributed by atoms with Crippen LogP contribution in [-0.4, -0.2) is 49.3 Å². The molecule has 1 aromatic carbocycles. The van der Waals surface area contributed by atoms with Crippen molar-refractivity contribution in [1.29, 1.82) is 0 Å². The Morgan fingerprint density at radius 2 is 1.91 bits per heavy atom. The number of para-hydroxylation sites is 1. The molecule has 0 bridgehead atoms. The minimum Gasteiger partial charge on any atom is -0.444 e. The molecule has 0 aliphatic heterocycles. The Bertz CT molecular complexity index is 543. The normalized spacial score (nSPS) is 11.0. The molecule has 1 rings (SSSR count). The zero-order valence-corrected chi connectivity index (χ0v) is 14.6. The summed E-state index contributed by atoms with van der Waals surface area (Å²) in [4.78, 5) is 25.6. The van der Waals surface area contributed by atoms with Crippen molar-refractivity contribution in [2.45, 2.75) is 26.4 Å². The summed E-state index contributed by atoms with van der Waals surface area (Å²) in [5.41, 5.74) is -0.142. The quantitative estimate of drug-likeness (QED) is 0.862. The van der Waals surface area contributed by atoms with Gasteiger partial charge >= 0.3 is 6.09 Å². The average Bonchev–Trinajstić information content (AvgIpc) is 2.44. The fourth-order valence-corrected chi connectivity index (χ4v) is 1.87. The number of amides is 2. The van der Waals surface area contributed by atoms with E-state index in [1.54, 1.807) is 45.0 Å². The molecule has 0 spiro atoms. The summed E-state index contributed by atoms with van der Waals surface area (Å²) < 4.78 is 10.3. The first-order valence-corrected chi connectivity index (χ1v) is 7.62. The van der Waals surface area contributed by atoms with Crippen molar-refractivity contribution in [3.05, 3.63) is 29.3 Å². The highest BCUT2D eigenvalue weighted by atomic mass is 35.5. The number of hydrogen-bond acceptors (Lipinski definition) is 4. The number of benzene rings is 1. The number of hydrogen-bond donors (Lipinski definition) is 1. The molecule has 6 nitrogen and oxygen atoms in total. The average molecular weight is 343 g/mol. The first kappa shape index (κ1) is 19.3. The van der Waals surface area contributed by atoms with E-state index in [0.717, 1.165) is 0 Å². The van der Waals surface area contributed by atoms with Crippen molar-refractivity contribution in [3.8, 4) is 0 Å². The van der Waals surface area contributed by atoms with Gasteiger partial charge in [-0.05, 0) is 32.9 Å². The molecule has 1 aromatic rings. The monoisotopic (exact) mass is 342 g/mol. The minimum atomic E-state index is -0.637. The third kappa shape index (κ3) is 7.34. The van der Waals surface area contributed by atoms with Gasteiger partial charge < -0.3 is 14.8 Å². The number of carbonyl (C=O) groups is 2. The van der Waals surface area contributed by atoms with Gasteiger partial charge in [0.15, 0.2) is 0 Å². The number of ether oxygens (including phenoxy) is 2. The van der Waals surface area contributed by atoms with Crippen molar-refractivity contribution in [3.63, 3.8) is 0 Å². The first-order valence-electron chi connectivity index (χ1n) is 7.24. The number of rotatable bonds is 6. The molecule has 128 valence electrons. The number of carbonyl (C=O) groups excluding carboxylic acids is 2. The fourth-order valence-electron chi connectivity index (χ4n) is 1.69. The lowest BCUT2D eigenvalue weighted by atomic mass is 10.2. The predicted octanol–water partition coefficient (Wildman–Crippen LogP) is 3.16. The van der Waals surface area contributed by atoms with Crippen LogP contribution in [0, 0.1) is 0 Å². The minimum absolute atomic E-state index is 0.149. The number of nitrogens with one attached hydrogen (secondary N) is 1. The zero-order chi connectivity index (χ0) is 17.5. The van der Waals surface area contributed by atoms with Crippen molar-refractivity contribution >= 4 is 29.3 Å². The lowest BCUT2D eigenvalue weighted by Gasteiger charge is -2.26. The molecule has 23 heavy (non-hydrogen) atoms. The van der Waals surface area contributed by atoms with Crippen LogP contribution >= 0.6 is 11.6 Å². The van der Waals surface area contributed by atoms with Crippen LogP contribution in [0.15, 0.2) is 24.3 Å². The number of anilines is 1. The predicted molar refractivity (Wildman–Crippen MR) is 89.8 cm³/mol. The molecule has 0 fully saturated rings. The van der Waals surface area contributed by atoms with Crippen LogP contribution in [0.4, 0.5) is 10.5 Å². The van der Waals surface area contributed by atoms with Gasteiger partial charge in [-0.1, -0.05) is 23.7 Å². The molecular formula is C16H23ClN2O4. The molecule has 0 aliphatic rings. The van der Waals surface area contributed by atoms with E-state index in [2.05, 4.69) is 5.32 Å². The number of halogens is 1. The highest BCUT2D eigenvalue weighted by Crippen LogP contribution is 2.20. The Hall–Kier alpha value is -1.79. The van der Waals surface area contributed by atoms with Gasteiger partial charge in [0.05, 0.1) is 17.3 Å². The summed E-state index contributed by atoms with van der Waals surface area (Å²) in [7, 11) is 1.52. The van der Waals surface area contributed by atoms with Gasteiger partial charge in [0.1, 0.15) is 12.1 Å². The Morgan fingerprint density at radius 1 is 1.26 bits per heavy atom. The Kier molecular flexibility index (Phi) is 7.32. The van der Waals surface area contributed by atoms with E-state index in [-0.39, 0.29) is 19.0 Å². The topological polar surface area (TPSA) is 67.9 Å². The smallest absolute Gasteiger partial charge is 0.410 e. The molecule has 1 N–H and O–H groups in total. The molecule has 0 aliphatic carbocycles. The van der Waals surface area contributed by atoms with E-state index in [0.29, 0.717) is 17.3 Å². The standard InChI is InChI=1S/C16H23ClN2O4/c1-16(2,3)23-15(21)19(9-10-22-4)11-14(20)18-13-8-6-5-7-12(13)17/h5-8H,9-11H2,1-4H3,(H,18,20). The van der Waals surface area contributed by atoms with Crippen LogP contribution in [0.5, 0.6) is 0 Å². The summed E-state index contributed by atoms with van der Waals surface area (Å²) in [5, 5.41) is 3.11. The van der Waals surface area contributed by atoms with Crippen molar-refractivity contribution in [2.24, 2.45) is 0 Å². The Balaban J connectivity index is 2.70. The summed E-state index contributed by atoms with van der Waals surface area (Å²) in [6, 6.07) is 6.89. The zero-order valence-electron chi connectivity index (χ0n) is 13.9. The second kappa shape index (κ2) is 8.74. The van der Waals surface area contributed by atoms with Gasteiger partial charge in [0, 0.05) is 13.7 Å². The van der Waals surface area contributed by atoms with Crippen molar-refractivity contribution < 1.29 is 19.1 Å². The van der Waals surface area contributed by atoms with Gasteiger partial charge in [-0.3, -0.25) is 9.69 Å². The summed E-state index contributed by atoms with van der Waals surface area (Å²) in [6.45, 7) is 5.71. The van der Waals surface area contributed by atoms with E-state index in [4.69, 9.17) is 21.1 Å². The maximum absolute atomic E-state index is 12.2. The second-order valence-electron chi connectivity index (χ2n) is 5.92. The molecule has 0 aromatic heterocycles. The maximum atomic E-state index is 12.2. The van der Waals surface area contributed by atoms with E-state index in [1.807, 2.05) is 0 Å². The highest BCUT2D eigenvalue weighted by Gasteiger charge is 2.24. The largest absolute Gasteiger partial charge is 0.444 e. The molecule has 0 atom stereocenters. The molecule has 0 heterocycles. The lowest BCUT2D eigenvalue weighted by molar-refractivity contribution is -0.117. The van der Waals surface area contributed by atoms with E-state index < -0.39 is 11.7 Å². The molecule has 0 saturated heterocycles. The number of methoxy groups -OCH3 is 1. The van der Waals surface area contributed by atoms with Gasteiger partial charge in [0.2, 0.25) is 5.91 Å². The maximum Gasteiger partial charge on any atom is 0.410 e. The summed E-state index contributed by atoms with van der Waals surface area (Å²) >= 11 is 6.00. The van der Waals surface area contributed by atoms with Crippen LogP contribution < -0.4 is 5.32 Å². The number of nitrogens with zero attached hydrogens (tertiary/aromatic N) is 1. The molecule has 0 saturated carbocycles. The molecule has 7 heteroatoms. The Labute approximate surface area is 141 Å². The van der Waals surface area contributed by atoms with E-state index in [1.165, 1.54) is 12.0 Å². The third-order valence-electron chi connectivity index (χ3n) is 2.70. The molecule has 2 amide bonds. The Morgan fingerprint density at radius 3 is 2.48 bits per heavy atom. The summed E-state index contributed by atoms with van der Waals surface area (Å²) in [6.07, 6.45) is -0.566. The first-order chi connectivity index (χ1) is 10.7. The van der Waals surface area contributed by atoms with Crippen molar-refractivity contribution in [1.82, 2.24) is 4.90 Å². The third-order valence-corrected chi connectivity index (χ3v) is 3.03. The molecule has 0 radical (unpaired) electrons. The van der Waals surface area contributed by atoms with Crippen LogP contribution in [0.3, 0.4) is 0 Å². The van der Waals surface area contributed by atoms with Crippen LogP contribution in [0.25, 0.3) is 0 Å². The van der Waals surface area contributed by atoms with Gasteiger partial charge in [-0.25, -0.2) is 4.79 Å². The fraction of sp³-hybridized carbons (Fsp3) is 0.500. The van der Waals surface area contributed by atoms with E-state index >= 15 is 0 Å². The van der Waals surface area contributed by atoms with Gasteiger partial charge in [-0.15, -0.1) is 0 Å². The van der Waals surface area contributed by atoms with Crippen molar-refractivity contribution in [2.75, 3.05) is 32.1 Å². The molecular weight excluding hydrogens is 320 g/mol. The van der Waals surface area contributed by atoms with Crippen LogP contribution in [0.1, 0.15) is 20.8 Å². The van der Waals surface area contributed by atoms with Crippen LogP contribution in [-0.2, 0) is 14.3 Å². The molecule has 0 unspecified atom stereocenters.